The van der Waals surface area contributed by atoms with Crippen LogP contribution >= 0.6 is 11.3 Å². The average Bonchev–Trinajstić information content (AvgIpc) is 3.05. The predicted octanol–water partition coefficient (Wildman–Crippen LogP) is 3.39. The Balaban J connectivity index is 1.44. The van der Waals surface area contributed by atoms with E-state index in [-0.39, 0.29) is 0 Å². The number of hydrogen-bond acceptors (Lipinski definition) is 4. The number of piperidine rings is 1. The summed E-state index contributed by atoms with van der Waals surface area (Å²) in [5.41, 5.74) is 0.567. The molecule has 1 saturated carbocycles. The largest absolute Gasteiger partial charge is 0.349 e. The lowest BCUT2D eigenvalue weighted by Crippen LogP contribution is -2.41. The quantitative estimate of drug-likeness (QED) is 0.846. The highest BCUT2D eigenvalue weighted by Gasteiger charge is 2.38. The van der Waals surface area contributed by atoms with Crippen molar-refractivity contribution in [1.82, 2.24) is 14.8 Å². The summed E-state index contributed by atoms with van der Waals surface area (Å²) in [5, 5.41) is 3.31. The summed E-state index contributed by atoms with van der Waals surface area (Å²) in [6, 6.07) is 0. The minimum atomic E-state index is 0.296. The van der Waals surface area contributed by atoms with E-state index >= 15 is 0 Å². The van der Waals surface area contributed by atoms with Crippen molar-refractivity contribution in [2.45, 2.75) is 51.5 Å². The van der Waals surface area contributed by atoms with Gasteiger partial charge in [0.05, 0.1) is 6.54 Å². The molecule has 128 valence electrons. The number of aromatic nitrogens is 1. The Morgan fingerprint density at radius 3 is 2.57 bits per heavy atom. The summed E-state index contributed by atoms with van der Waals surface area (Å²) in [7, 11) is 3.73. The van der Waals surface area contributed by atoms with Crippen LogP contribution in [0.2, 0.25) is 0 Å². The van der Waals surface area contributed by atoms with E-state index in [1.165, 1.54) is 56.6 Å². The van der Waals surface area contributed by atoms with Gasteiger partial charge in [-0.1, -0.05) is 0 Å². The number of hydrogen-bond donors (Lipinski definition) is 0. The van der Waals surface area contributed by atoms with Gasteiger partial charge in [0.2, 0.25) is 5.91 Å². The Labute approximate surface area is 143 Å². The second-order valence-corrected chi connectivity index (χ2v) is 8.62. The molecule has 1 saturated heterocycles. The molecule has 23 heavy (non-hydrogen) atoms. The van der Waals surface area contributed by atoms with Crippen LogP contribution in [0.3, 0.4) is 0 Å². The molecule has 2 fully saturated rings. The van der Waals surface area contributed by atoms with Crippen molar-refractivity contribution in [3.8, 4) is 0 Å². The van der Waals surface area contributed by atoms with Gasteiger partial charge in [0, 0.05) is 32.1 Å². The molecule has 1 aliphatic heterocycles. The van der Waals surface area contributed by atoms with Gasteiger partial charge in [0.15, 0.2) is 0 Å². The van der Waals surface area contributed by atoms with Gasteiger partial charge in [-0.2, -0.15) is 0 Å². The van der Waals surface area contributed by atoms with Crippen molar-refractivity contribution in [1.29, 1.82) is 0 Å². The molecular formula is C18H29N3OS. The molecule has 2 heterocycles. The van der Waals surface area contributed by atoms with Gasteiger partial charge in [0.25, 0.3) is 0 Å². The predicted molar refractivity (Wildman–Crippen MR) is 94.3 cm³/mol. The number of likely N-dealkylation sites (tertiary alicyclic amines) is 1. The number of carbonyl (C=O) groups excluding carboxylic acids is 1. The molecule has 0 aromatic carbocycles. The normalized spacial score (nSPS) is 22.3. The van der Waals surface area contributed by atoms with Gasteiger partial charge in [-0.15, -0.1) is 11.3 Å². The smallest absolute Gasteiger partial charge is 0.222 e. The molecule has 1 aromatic rings. The van der Waals surface area contributed by atoms with Crippen LogP contribution in [0.15, 0.2) is 11.6 Å². The molecule has 0 N–H and O–H groups in total. The van der Waals surface area contributed by atoms with Crippen molar-refractivity contribution in [2.24, 2.45) is 11.3 Å². The van der Waals surface area contributed by atoms with Crippen LogP contribution in [0.4, 0.5) is 0 Å². The minimum Gasteiger partial charge on any atom is -0.349 e. The lowest BCUT2D eigenvalue weighted by Gasteiger charge is -2.46. The first-order chi connectivity index (χ1) is 11.1. The fourth-order valence-corrected chi connectivity index (χ4v) is 4.79. The molecule has 4 nitrogen and oxygen atoms in total. The number of thiazole rings is 1. The zero-order valence-corrected chi connectivity index (χ0v) is 15.3. The number of rotatable bonds is 4. The molecule has 0 atom stereocenters. The number of carbonyl (C=O) groups is 1. The van der Waals surface area contributed by atoms with Crippen LogP contribution in [0.25, 0.3) is 0 Å². The van der Waals surface area contributed by atoms with Crippen molar-refractivity contribution in [3.05, 3.63) is 16.6 Å². The third-order valence-corrected chi connectivity index (χ3v) is 6.65. The molecular weight excluding hydrogens is 306 g/mol. The van der Waals surface area contributed by atoms with E-state index in [2.05, 4.69) is 15.3 Å². The van der Waals surface area contributed by atoms with E-state index < -0.39 is 0 Å². The SMILES string of the molecule is CN(C)C(=O)CC1CCC2(CC1)CCN(Cc1nccs1)CC2. The topological polar surface area (TPSA) is 36.4 Å². The summed E-state index contributed by atoms with van der Waals surface area (Å²) in [6.07, 6.45) is 10.4. The first-order valence-electron chi connectivity index (χ1n) is 8.87. The second kappa shape index (κ2) is 7.31. The van der Waals surface area contributed by atoms with Crippen LogP contribution in [-0.4, -0.2) is 47.9 Å². The highest BCUT2D eigenvalue weighted by Crippen LogP contribution is 2.47. The number of amides is 1. The fourth-order valence-electron chi connectivity index (χ4n) is 4.13. The Hall–Kier alpha value is -0.940. The third kappa shape index (κ3) is 4.32. The molecule has 3 rings (SSSR count). The highest BCUT2D eigenvalue weighted by molar-refractivity contribution is 7.09. The van der Waals surface area contributed by atoms with Gasteiger partial charge in [-0.05, 0) is 62.9 Å². The monoisotopic (exact) mass is 335 g/mol. The van der Waals surface area contributed by atoms with Gasteiger partial charge in [-0.3, -0.25) is 9.69 Å². The van der Waals surface area contributed by atoms with E-state index in [0.29, 0.717) is 17.2 Å². The highest BCUT2D eigenvalue weighted by atomic mass is 32.1. The minimum absolute atomic E-state index is 0.296. The van der Waals surface area contributed by atoms with Crippen LogP contribution in [0.1, 0.15) is 50.0 Å². The molecule has 1 aromatic heterocycles. The van der Waals surface area contributed by atoms with Crippen LogP contribution < -0.4 is 0 Å². The maximum absolute atomic E-state index is 11.9. The maximum atomic E-state index is 11.9. The first-order valence-corrected chi connectivity index (χ1v) is 9.75. The summed E-state index contributed by atoms with van der Waals surface area (Å²) >= 11 is 1.76. The Kier molecular flexibility index (Phi) is 5.37. The van der Waals surface area contributed by atoms with Crippen molar-refractivity contribution in [2.75, 3.05) is 27.2 Å². The van der Waals surface area contributed by atoms with Crippen LogP contribution in [-0.2, 0) is 11.3 Å². The zero-order valence-electron chi connectivity index (χ0n) is 14.5. The van der Waals surface area contributed by atoms with Crippen LogP contribution in [0, 0.1) is 11.3 Å². The maximum Gasteiger partial charge on any atom is 0.222 e. The summed E-state index contributed by atoms with van der Waals surface area (Å²) in [6.45, 7) is 3.44. The second-order valence-electron chi connectivity index (χ2n) is 7.64. The fraction of sp³-hybridized carbons (Fsp3) is 0.778. The molecule has 2 aliphatic rings. The molecule has 1 aliphatic carbocycles. The Morgan fingerprint density at radius 2 is 2.00 bits per heavy atom. The van der Waals surface area contributed by atoms with Crippen molar-refractivity contribution >= 4 is 17.2 Å². The summed E-state index contributed by atoms with van der Waals surface area (Å²) < 4.78 is 0. The van der Waals surface area contributed by atoms with E-state index in [0.717, 1.165) is 13.0 Å². The van der Waals surface area contributed by atoms with Crippen molar-refractivity contribution in [3.63, 3.8) is 0 Å². The van der Waals surface area contributed by atoms with Crippen LogP contribution in [0.5, 0.6) is 0 Å². The number of nitrogens with zero attached hydrogens (tertiary/aromatic N) is 3. The molecule has 0 bridgehead atoms. The third-order valence-electron chi connectivity index (χ3n) is 5.89. The van der Waals surface area contributed by atoms with E-state index in [1.807, 2.05) is 20.3 Å². The standard InChI is InChI=1S/C18H29N3OS/c1-20(2)17(22)13-15-3-5-18(6-4-15)7-10-21(11-8-18)14-16-19-9-12-23-16/h9,12,15H,3-8,10-11,13-14H2,1-2H3. The van der Waals surface area contributed by atoms with Gasteiger partial charge in [0.1, 0.15) is 5.01 Å². The van der Waals surface area contributed by atoms with Gasteiger partial charge < -0.3 is 4.90 Å². The molecule has 5 heteroatoms. The van der Waals surface area contributed by atoms with E-state index in [9.17, 15) is 4.79 Å². The van der Waals surface area contributed by atoms with Crippen molar-refractivity contribution < 1.29 is 4.79 Å². The molecule has 0 unspecified atom stereocenters. The molecule has 1 spiro atoms. The lowest BCUT2D eigenvalue weighted by atomic mass is 9.65. The average molecular weight is 336 g/mol. The molecule has 0 radical (unpaired) electrons. The summed E-state index contributed by atoms with van der Waals surface area (Å²) in [5.74, 6) is 0.910. The van der Waals surface area contributed by atoms with Gasteiger partial charge >= 0.3 is 0 Å². The lowest BCUT2D eigenvalue weighted by molar-refractivity contribution is -0.130. The molecule has 1 amide bonds. The summed E-state index contributed by atoms with van der Waals surface area (Å²) in [4.78, 5) is 20.6. The van der Waals surface area contributed by atoms with E-state index in [1.54, 1.807) is 16.2 Å². The zero-order chi connectivity index (χ0) is 16.3. The Bertz CT molecular complexity index is 496. The van der Waals surface area contributed by atoms with Gasteiger partial charge in [-0.25, -0.2) is 4.98 Å². The Morgan fingerprint density at radius 1 is 1.30 bits per heavy atom. The van der Waals surface area contributed by atoms with E-state index in [4.69, 9.17) is 0 Å². The first kappa shape index (κ1) is 16.9.